The summed E-state index contributed by atoms with van der Waals surface area (Å²) in [6.07, 6.45) is 8.16. The van der Waals surface area contributed by atoms with Crippen molar-refractivity contribution in [2.75, 3.05) is 41.3 Å². The van der Waals surface area contributed by atoms with Crippen molar-refractivity contribution in [3.63, 3.8) is 0 Å². The van der Waals surface area contributed by atoms with Crippen LogP contribution in [0.4, 0.5) is 17.2 Å². The second-order valence-electron chi connectivity index (χ2n) is 8.82. The van der Waals surface area contributed by atoms with E-state index in [0.29, 0.717) is 23.0 Å². The lowest BCUT2D eigenvalue weighted by Crippen LogP contribution is -2.29. The molecule has 0 radical (unpaired) electrons. The van der Waals surface area contributed by atoms with Crippen molar-refractivity contribution in [2.24, 2.45) is 0 Å². The first-order valence-corrected chi connectivity index (χ1v) is 13.4. The molecule has 1 N–H and O–H groups in total. The van der Waals surface area contributed by atoms with E-state index in [1.807, 2.05) is 13.0 Å². The van der Waals surface area contributed by atoms with Crippen LogP contribution in [0.1, 0.15) is 78.0 Å². The van der Waals surface area contributed by atoms with Crippen LogP contribution in [0.3, 0.4) is 0 Å². The number of anilines is 3. The van der Waals surface area contributed by atoms with E-state index in [2.05, 4.69) is 82.8 Å². The molecular formula is C27H43N5OS. The van der Waals surface area contributed by atoms with Gasteiger partial charge in [0.25, 0.3) is 0 Å². The Morgan fingerprint density at radius 1 is 0.853 bits per heavy atom. The maximum Gasteiger partial charge on any atom is 0.224 e. The highest BCUT2D eigenvalue weighted by Gasteiger charge is 2.19. The zero-order chi connectivity index (χ0) is 24.8. The van der Waals surface area contributed by atoms with Crippen molar-refractivity contribution in [3.8, 4) is 0 Å². The monoisotopic (exact) mass is 485 g/mol. The summed E-state index contributed by atoms with van der Waals surface area (Å²) in [5.74, 6) is 1.42. The van der Waals surface area contributed by atoms with Gasteiger partial charge >= 0.3 is 0 Å². The summed E-state index contributed by atoms with van der Waals surface area (Å²) in [7, 11) is 0. The zero-order valence-corrected chi connectivity index (χ0v) is 22.4. The lowest BCUT2D eigenvalue weighted by Gasteiger charge is -2.26. The van der Waals surface area contributed by atoms with Crippen LogP contribution < -0.4 is 15.1 Å². The maximum absolute atomic E-state index is 12.9. The van der Waals surface area contributed by atoms with Crippen LogP contribution in [0.25, 0.3) is 0 Å². The van der Waals surface area contributed by atoms with E-state index in [-0.39, 0.29) is 5.91 Å². The molecule has 2 rings (SSSR count). The molecule has 1 aromatic carbocycles. The summed E-state index contributed by atoms with van der Waals surface area (Å²) < 4.78 is 0. The van der Waals surface area contributed by atoms with Gasteiger partial charge in [-0.2, -0.15) is 0 Å². The number of thiol groups is 1. The van der Waals surface area contributed by atoms with Gasteiger partial charge in [-0.05, 0) is 44.7 Å². The first kappa shape index (κ1) is 28.0. The number of hydrogen-bond donors (Lipinski definition) is 2. The second-order valence-corrected chi connectivity index (χ2v) is 9.24. The van der Waals surface area contributed by atoms with Gasteiger partial charge in [-0.25, -0.2) is 9.97 Å². The van der Waals surface area contributed by atoms with Crippen LogP contribution in [0.15, 0.2) is 35.4 Å². The molecule has 6 nitrogen and oxygen atoms in total. The summed E-state index contributed by atoms with van der Waals surface area (Å²) in [5.41, 5.74) is 1.85. The molecule has 1 heterocycles. The Kier molecular flexibility index (Phi) is 12.8. The lowest BCUT2D eigenvalue weighted by atomic mass is 10.1. The highest BCUT2D eigenvalue weighted by Crippen LogP contribution is 2.30. The Balaban J connectivity index is 2.03. The average Bonchev–Trinajstić information content (AvgIpc) is 2.82. The molecule has 0 aliphatic carbocycles. The number of rotatable bonds is 16. The molecular weight excluding hydrogens is 442 g/mol. The van der Waals surface area contributed by atoms with E-state index in [9.17, 15) is 4.79 Å². The van der Waals surface area contributed by atoms with Gasteiger partial charge < -0.3 is 15.1 Å². The van der Waals surface area contributed by atoms with E-state index in [4.69, 9.17) is 0 Å². The van der Waals surface area contributed by atoms with Gasteiger partial charge in [0.05, 0.1) is 0 Å². The van der Waals surface area contributed by atoms with Crippen LogP contribution in [-0.2, 0) is 4.79 Å². The number of amides is 1. The third-order valence-electron chi connectivity index (χ3n) is 5.77. The molecule has 34 heavy (non-hydrogen) atoms. The summed E-state index contributed by atoms with van der Waals surface area (Å²) in [5, 5.41) is 3.60. The third kappa shape index (κ3) is 9.16. The molecule has 0 saturated heterocycles. The molecule has 188 valence electrons. The predicted molar refractivity (Wildman–Crippen MR) is 147 cm³/mol. The first-order valence-electron chi connectivity index (χ1n) is 12.9. The zero-order valence-electron chi connectivity index (χ0n) is 21.5. The van der Waals surface area contributed by atoms with E-state index in [1.165, 1.54) is 31.4 Å². The fourth-order valence-electron chi connectivity index (χ4n) is 4.12. The van der Waals surface area contributed by atoms with Crippen LogP contribution in [0.2, 0.25) is 0 Å². The van der Waals surface area contributed by atoms with E-state index >= 15 is 0 Å². The Morgan fingerprint density at radius 2 is 1.53 bits per heavy atom. The van der Waals surface area contributed by atoms with Gasteiger partial charge in [-0.3, -0.25) is 4.79 Å². The van der Waals surface area contributed by atoms with Crippen molar-refractivity contribution in [3.05, 3.63) is 36.2 Å². The number of nitrogens with one attached hydrogen (secondary N) is 1. The van der Waals surface area contributed by atoms with Gasteiger partial charge in [0, 0.05) is 38.3 Å². The van der Waals surface area contributed by atoms with Crippen LogP contribution in [0, 0.1) is 6.92 Å². The number of carbonyl (C=O) groups excluding carboxylic acids is 1. The smallest absolute Gasteiger partial charge is 0.224 e. The van der Waals surface area contributed by atoms with Gasteiger partial charge in [0.15, 0.2) is 5.82 Å². The molecule has 1 amide bonds. The minimum Gasteiger partial charge on any atom is -0.372 e. The van der Waals surface area contributed by atoms with Gasteiger partial charge in [-0.1, -0.05) is 58.2 Å². The average molecular weight is 486 g/mol. The van der Waals surface area contributed by atoms with Gasteiger partial charge in [0.2, 0.25) is 5.91 Å². The lowest BCUT2D eigenvalue weighted by molar-refractivity contribution is -0.116. The van der Waals surface area contributed by atoms with Crippen molar-refractivity contribution >= 4 is 35.7 Å². The Morgan fingerprint density at radius 3 is 2.18 bits per heavy atom. The van der Waals surface area contributed by atoms with Gasteiger partial charge in [0.1, 0.15) is 16.5 Å². The number of benzene rings is 1. The number of unbranched alkanes of at least 4 members (excludes halogenated alkanes) is 3. The van der Waals surface area contributed by atoms with E-state index in [1.54, 1.807) is 0 Å². The molecule has 0 atom stereocenters. The molecule has 0 saturated carbocycles. The van der Waals surface area contributed by atoms with Gasteiger partial charge in [-0.15, -0.1) is 12.6 Å². The molecule has 0 fully saturated rings. The van der Waals surface area contributed by atoms with Crippen molar-refractivity contribution in [1.82, 2.24) is 9.97 Å². The maximum atomic E-state index is 12.9. The molecule has 0 aliphatic rings. The minimum atomic E-state index is -0.0176. The highest BCUT2D eigenvalue weighted by molar-refractivity contribution is 7.80. The quantitative estimate of drug-likeness (QED) is 0.161. The molecule has 1 aromatic heterocycles. The summed E-state index contributed by atoms with van der Waals surface area (Å²) in [4.78, 5) is 26.6. The van der Waals surface area contributed by atoms with Crippen LogP contribution in [-0.4, -0.2) is 42.1 Å². The standard InChI is InChI=1S/C27H43N5OS/c1-5-8-9-13-20-31(23-15-11-10-12-16-23)21-14-17-24(33)30-25-26(28-22(4)29-27(25)34)32(18-6-2)19-7-3/h10-12,15-16H,5-9,13-14,17-21H2,1-4H3,(H,30,33)(H,28,29,34). The Bertz CT molecular complexity index is 856. The van der Waals surface area contributed by atoms with E-state index < -0.39 is 0 Å². The number of para-hydroxylation sites is 1. The number of nitrogens with zero attached hydrogens (tertiary/aromatic N) is 4. The Labute approximate surface area is 212 Å². The fraction of sp³-hybridized carbons (Fsp3) is 0.593. The topological polar surface area (TPSA) is 61.4 Å². The molecule has 7 heteroatoms. The largest absolute Gasteiger partial charge is 0.372 e. The normalized spacial score (nSPS) is 10.9. The Hall–Kier alpha value is -2.28. The number of hydrogen-bond acceptors (Lipinski definition) is 6. The first-order chi connectivity index (χ1) is 16.5. The molecule has 0 spiro atoms. The summed E-state index contributed by atoms with van der Waals surface area (Å²) >= 11 is 4.57. The van der Waals surface area contributed by atoms with Crippen molar-refractivity contribution < 1.29 is 4.79 Å². The number of aromatic nitrogens is 2. The van der Waals surface area contributed by atoms with Crippen molar-refractivity contribution in [1.29, 1.82) is 0 Å². The predicted octanol–water partition coefficient (Wildman–Crippen LogP) is 6.51. The minimum absolute atomic E-state index is 0.0176. The second kappa shape index (κ2) is 15.6. The van der Waals surface area contributed by atoms with Crippen molar-refractivity contribution in [2.45, 2.75) is 84.1 Å². The fourth-order valence-corrected chi connectivity index (χ4v) is 4.42. The van der Waals surface area contributed by atoms with E-state index in [0.717, 1.165) is 51.3 Å². The highest BCUT2D eigenvalue weighted by atomic mass is 32.1. The number of aryl methyl sites for hydroxylation is 1. The molecule has 0 unspecified atom stereocenters. The molecule has 0 aliphatic heterocycles. The summed E-state index contributed by atoms with van der Waals surface area (Å²) in [6.45, 7) is 12.0. The third-order valence-corrected chi connectivity index (χ3v) is 6.09. The van der Waals surface area contributed by atoms with Crippen LogP contribution in [0.5, 0.6) is 0 Å². The SMILES string of the molecule is CCCCCCN(CCCC(=O)Nc1c(S)nc(C)nc1N(CCC)CCC)c1ccccc1. The van der Waals surface area contributed by atoms with Crippen LogP contribution >= 0.6 is 12.6 Å². The number of carbonyl (C=O) groups is 1. The molecule has 2 aromatic rings. The summed E-state index contributed by atoms with van der Waals surface area (Å²) in [6, 6.07) is 10.5. The molecule has 0 bridgehead atoms.